The van der Waals surface area contributed by atoms with Crippen LogP contribution in [-0.2, 0) is 6.18 Å². The van der Waals surface area contributed by atoms with E-state index in [1.807, 2.05) is 32.6 Å². The summed E-state index contributed by atoms with van der Waals surface area (Å²) in [7, 11) is 0. The molecule has 0 saturated carbocycles. The van der Waals surface area contributed by atoms with Crippen molar-refractivity contribution in [3.05, 3.63) is 17.7 Å². The van der Waals surface area contributed by atoms with Gasteiger partial charge in [-0.1, -0.05) is 0 Å². The van der Waals surface area contributed by atoms with Gasteiger partial charge in [-0.05, 0) is 39.8 Å². The van der Waals surface area contributed by atoms with Gasteiger partial charge in [-0.15, -0.1) is 0 Å². The first-order valence-corrected chi connectivity index (χ1v) is 6.39. The molecule has 19 heavy (non-hydrogen) atoms. The lowest BCUT2D eigenvalue weighted by atomic mass is 10.2. The molecule has 0 aliphatic rings. The van der Waals surface area contributed by atoms with Crippen LogP contribution in [0.4, 0.5) is 24.8 Å². The summed E-state index contributed by atoms with van der Waals surface area (Å²) in [5.41, 5.74) is -0.674. The second-order valence-corrected chi connectivity index (χ2v) is 4.51. The van der Waals surface area contributed by atoms with Crippen LogP contribution in [0.15, 0.2) is 12.1 Å². The van der Waals surface area contributed by atoms with Crippen molar-refractivity contribution in [2.45, 2.75) is 39.9 Å². The van der Waals surface area contributed by atoms with Crippen LogP contribution in [0.2, 0.25) is 0 Å². The van der Waals surface area contributed by atoms with E-state index in [-0.39, 0.29) is 11.9 Å². The average molecular weight is 275 g/mol. The number of pyridine rings is 1. The first-order chi connectivity index (χ1) is 8.79. The molecule has 1 N–H and O–H groups in total. The standard InChI is InChI=1S/C13H20F3N3/c1-5-17-11-7-10(13(14,15)16)8-12(18-11)19(6-2)9(3)4/h7-9H,5-6H2,1-4H3,(H,17,18). The fraction of sp³-hybridized carbons (Fsp3) is 0.615. The van der Waals surface area contributed by atoms with E-state index in [0.717, 1.165) is 12.1 Å². The SMILES string of the molecule is CCNc1cc(C(F)(F)F)cc(N(CC)C(C)C)n1. The Morgan fingerprint density at radius 2 is 1.89 bits per heavy atom. The molecule has 0 aliphatic heterocycles. The number of alkyl halides is 3. The highest BCUT2D eigenvalue weighted by atomic mass is 19.4. The number of nitrogens with one attached hydrogen (secondary N) is 1. The van der Waals surface area contributed by atoms with Gasteiger partial charge in [0.2, 0.25) is 0 Å². The zero-order valence-corrected chi connectivity index (χ0v) is 11.7. The number of halogens is 3. The Balaban J connectivity index is 3.27. The Kier molecular flexibility index (Phi) is 5.03. The topological polar surface area (TPSA) is 28.2 Å². The number of rotatable bonds is 5. The Morgan fingerprint density at radius 1 is 1.26 bits per heavy atom. The summed E-state index contributed by atoms with van der Waals surface area (Å²) in [5, 5.41) is 2.84. The van der Waals surface area contributed by atoms with Crippen LogP contribution in [0.1, 0.15) is 33.3 Å². The van der Waals surface area contributed by atoms with Crippen LogP contribution < -0.4 is 10.2 Å². The van der Waals surface area contributed by atoms with E-state index in [1.54, 1.807) is 0 Å². The lowest BCUT2D eigenvalue weighted by Crippen LogP contribution is -2.31. The van der Waals surface area contributed by atoms with Crippen LogP contribution in [0.5, 0.6) is 0 Å². The lowest BCUT2D eigenvalue weighted by molar-refractivity contribution is -0.137. The molecule has 0 aromatic carbocycles. The van der Waals surface area contributed by atoms with E-state index in [0.29, 0.717) is 18.9 Å². The molecule has 1 aromatic heterocycles. The van der Waals surface area contributed by atoms with E-state index in [1.165, 1.54) is 0 Å². The fourth-order valence-electron chi connectivity index (χ4n) is 1.89. The van der Waals surface area contributed by atoms with E-state index in [2.05, 4.69) is 10.3 Å². The lowest BCUT2D eigenvalue weighted by Gasteiger charge is -2.27. The molecule has 1 rings (SSSR count). The minimum atomic E-state index is -4.36. The number of hydrogen-bond acceptors (Lipinski definition) is 3. The van der Waals surface area contributed by atoms with Crippen molar-refractivity contribution in [1.82, 2.24) is 4.98 Å². The van der Waals surface area contributed by atoms with Crippen molar-refractivity contribution in [2.75, 3.05) is 23.3 Å². The van der Waals surface area contributed by atoms with Gasteiger partial charge in [0.05, 0.1) is 5.56 Å². The summed E-state index contributed by atoms with van der Waals surface area (Å²) in [5.74, 6) is 0.606. The highest BCUT2D eigenvalue weighted by Crippen LogP contribution is 2.33. The van der Waals surface area contributed by atoms with Crippen molar-refractivity contribution < 1.29 is 13.2 Å². The Hall–Kier alpha value is -1.46. The van der Waals surface area contributed by atoms with E-state index in [4.69, 9.17) is 0 Å². The molecule has 108 valence electrons. The van der Waals surface area contributed by atoms with Crippen LogP contribution in [0.3, 0.4) is 0 Å². The molecule has 3 nitrogen and oxygen atoms in total. The molecule has 0 saturated heterocycles. The summed E-state index contributed by atoms with van der Waals surface area (Å²) < 4.78 is 38.6. The number of anilines is 2. The third kappa shape index (κ3) is 4.01. The van der Waals surface area contributed by atoms with Gasteiger partial charge < -0.3 is 10.2 Å². The maximum atomic E-state index is 12.9. The predicted molar refractivity (Wildman–Crippen MR) is 71.6 cm³/mol. The molecule has 1 aromatic rings. The molecule has 6 heteroatoms. The third-order valence-electron chi connectivity index (χ3n) is 2.76. The normalized spacial score (nSPS) is 11.8. The molecule has 0 atom stereocenters. The monoisotopic (exact) mass is 275 g/mol. The second kappa shape index (κ2) is 6.12. The molecule has 0 fully saturated rings. The largest absolute Gasteiger partial charge is 0.416 e. The van der Waals surface area contributed by atoms with Crippen molar-refractivity contribution in [1.29, 1.82) is 0 Å². The van der Waals surface area contributed by atoms with Crippen LogP contribution in [-0.4, -0.2) is 24.1 Å². The summed E-state index contributed by atoms with van der Waals surface area (Å²) in [6.07, 6.45) is -4.36. The minimum absolute atomic E-state index is 0.0930. The molecule has 0 aliphatic carbocycles. The Bertz CT molecular complexity index is 416. The van der Waals surface area contributed by atoms with Gasteiger partial charge in [-0.2, -0.15) is 13.2 Å². The van der Waals surface area contributed by atoms with Crippen LogP contribution in [0.25, 0.3) is 0 Å². The van der Waals surface area contributed by atoms with Crippen molar-refractivity contribution in [2.24, 2.45) is 0 Å². The molecular weight excluding hydrogens is 255 g/mol. The van der Waals surface area contributed by atoms with Crippen LogP contribution >= 0.6 is 0 Å². The zero-order chi connectivity index (χ0) is 14.6. The molecule has 0 amide bonds. The summed E-state index contributed by atoms with van der Waals surface area (Å²) >= 11 is 0. The second-order valence-electron chi connectivity index (χ2n) is 4.51. The van der Waals surface area contributed by atoms with Crippen molar-refractivity contribution in [3.8, 4) is 0 Å². The molecule has 0 radical (unpaired) electrons. The Labute approximate surface area is 111 Å². The first kappa shape index (κ1) is 15.6. The summed E-state index contributed by atoms with van der Waals surface area (Å²) in [4.78, 5) is 6.07. The molecule has 0 unspecified atom stereocenters. The molecule has 0 spiro atoms. The van der Waals surface area contributed by atoms with Gasteiger partial charge in [-0.25, -0.2) is 4.98 Å². The van der Waals surface area contributed by atoms with Gasteiger partial charge in [0.15, 0.2) is 0 Å². The van der Waals surface area contributed by atoms with E-state index >= 15 is 0 Å². The van der Waals surface area contributed by atoms with E-state index in [9.17, 15) is 13.2 Å². The van der Waals surface area contributed by atoms with Gasteiger partial charge in [-0.3, -0.25) is 0 Å². The Morgan fingerprint density at radius 3 is 2.32 bits per heavy atom. The number of nitrogens with zero attached hydrogens (tertiary/aromatic N) is 2. The quantitative estimate of drug-likeness (QED) is 0.886. The molecule has 0 bridgehead atoms. The zero-order valence-electron chi connectivity index (χ0n) is 11.7. The molecule has 1 heterocycles. The third-order valence-corrected chi connectivity index (χ3v) is 2.76. The number of hydrogen-bond donors (Lipinski definition) is 1. The highest BCUT2D eigenvalue weighted by Gasteiger charge is 2.32. The van der Waals surface area contributed by atoms with E-state index < -0.39 is 11.7 Å². The maximum absolute atomic E-state index is 12.9. The minimum Gasteiger partial charge on any atom is -0.370 e. The summed E-state index contributed by atoms with van der Waals surface area (Å²) in [6, 6.07) is 2.24. The average Bonchev–Trinajstić information content (AvgIpc) is 2.28. The molecular formula is C13H20F3N3. The van der Waals surface area contributed by atoms with Crippen LogP contribution in [0, 0.1) is 0 Å². The van der Waals surface area contributed by atoms with Gasteiger partial charge in [0.25, 0.3) is 0 Å². The predicted octanol–water partition coefficient (Wildman–Crippen LogP) is 3.77. The van der Waals surface area contributed by atoms with Gasteiger partial charge in [0.1, 0.15) is 11.6 Å². The van der Waals surface area contributed by atoms with Crippen molar-refractivity contribution >= 4 is 11.6 Å². The highest BCUT2D eigenvalue weighted by molar-refractivity contribution is 5.51. The first-order valence-electron chi connectivity index (χ1n) is 6.39. The fourth-order valence-corrected chi connectivity index (χ4v) is 1.89. The summed E-state index contributed by atoms with van der Waals surface area (Å²) in [6.45, 7) is 8.71. The van der Waals surface area contributed by atoms with Crippen molar-refractivity contribution in [3.63, 3.8) is 0 Å². The maximum Gasteiger partial charge on any atom is 0.416 e. The number of aromatic nitrogens is 1. The smallest absolute Gasteiger partial charge is 0.370 e. The van der Waals surface area contributed by atoms with Gasteiger partial charge >= 0.3 is 6.18 Å². The van der Waals surface area contributed by atoms with Gasteiger partial charge in [0, 0.05) is 19.1 Å².